The van der Waals surface area contributed by atoms with Crippen molar-refractivity contribution in [2.24, 2.45) is 0 Å². The van der Waals surface area contributed by atoms with Crippen molar-refractivity contribution < 1.29 is 14.3 Å². The molecule has 120 valence electrons. The van der Waals surface area contributed by atoms with Crippen molar-refractivity contribution in [3.63, 3.8) is 0 Å². The van der Waals surface area contributed by atoms with Crippen molar-refractivity contribution in [3.05, 3.63) is 29.8 Å². The zero-order valence-corrected chi connectivity index (χ0v) is 13.0. The van der Waals surface area contributed by atoms with E-state index >= 15 is 0 Å². The minimum absolute atomic E-state index is 0.117. The number of ether oxygens (including phenoxy) is 1. The molecule has 0 aromatic heterocycles. The number of carbonyl (C=O) groups excluding carboxylic acids is 2. The molecule has 0 aliphatic carbocycles. The lowest BCUT2D eigenvalue weighted by atomic mass is 10.1. The molecule has 0 spiro atoms. The zero-order chi connectivity index (χ0) is 15.9. The van der Waals surface area contributed by atoms with E-state index in [1.807, 2.05) is 24.3 Å². The summed E-state index contributed by atoms with van der Waals surface area (Å²) in [4.78, 5) is 26.6. The van der Waals surface area contributed by atoms with E-state index in [2.05, 4.69) is 4.90 Å². The van der Waals surface area contributed by atoms with Crippen LogP contribution >= 0.6 is 0 Å². The number of carbonyl (C=O) groups is 2. The van der Waals surface area contributed by atoms with Gasteiger partial charge < -0.3 is 15.4 Å². The summed E-state index contributed by atoms with van der Waals surface area (Å²) in [5.74, 6) is -0.538. The predicted octanol–water partition coefficient (Wildman–Crippen LogP) is 0.519. The number of nitrogens with two attached hydrogens (primary N) is 1. The number of piperazine rings is 1. The molecule has 1 saturated heterocycles. The minimum atomic E-state index is -0.421. The summed E-state index contributed by atoms with van der Waals surface area (Å²) in [6, 6.07) is 7.93. The molecule has 6 nitrogen and oxygen atoms in total. The average molecular weight is 305 g/mol. The Morgan fingerprint density at radius 2 is 1.77 bits per heavy atom. The van der Waals surface area contributed by atoms with E-state index in [9.17, 15) is 9.59 Å². The first-order chi connectivity index (χ1) is 10.5. The third kappa shape index (κ3) is 5.04. The van der Waals surface area contributed by atoms with E-state index in [-0.39, 0.29) is 12.5 Å². The molecule has 1 aliphatic rings. The van der Waals surface area contributed by atoms with Gasteiger partial charge in [-0.3, -0.25) is 14.5 Å². The summed E-state index contributed by atoms with van der Waals surface area (Å²) in [5.41, 5.74) is 7.72. The summed E-state index contributed by atoms with van der Waals surface area (Å²) in [6.07, 6.45) is 0.974. The summed E-state index contributed by atoms with van der Waals surface area (Å²) in [7, 11) is 0. The number of nitrogen functional groups attached to an aromatic ring is 1. The molecule has 1 aliphatic heterocycles. The molecular formula is C16H23N3O3. The van der Waals surface area contributed by atoms with Crippen LogP contribution < -0.4 is 5.73 Å². The molecule has 0 saturated carbocycles. The van der Waals surface area contributed by atoms with Crippen molar-refractivity contribution in [2.75, 3.05) is 45.1 Å². The molecule has 2 N–H and O–H groups in total. The smallest absolute Gasteiger partial charge is 0.303 e. The van der Waals surface area contributed by atoms with Gasteiger partial charge in [-0.2, -0.15) is 0 Å². The van der Waals surface area contributed by atoms with Crippen LogP contribution in [0.3, 0.4) is 0 Å². The highest BCUT2D eigenvalue weighted by Gasteiger charge is 2.21. The van der Waals surface area contributed by atoms with E-state index in [1.165, 1.54) is 12.5 Å². The second-order valence-corrected chi connectivity index (χ2v) is 5.49. The van der Waals surface area contributed by atoms with Crippen LogP contribution in [0.25, 0.3) is 0 Å². The van der Waals surface area contributed by atoms with Gasteiger partial charge in [0.15, 0.2) is 6.61 Å². The van der Waals surface area contributed by atoms with Crippen molar-refractivity contribution in [1.29, 1.82) is 0 Å². The zero-order valence-electron chi connectivity index (χ0n) is 13.0. The van der Waals surface area contributed by atoms with Crippen LogP contribution in [0.2, 0.25) is 0 Å². The van der Waals surface area contributed by atoms with E-state index in [0.717, 1.165) is 31.7 Å². The van der Waals surface area contributed by atoms with Crippen molar-refractivity contribution in [1.82, 2.24) is 9.80 Å². The molecule has 1 fully saturated rings. The number of esters is 1. The van der Waals surface area contributed by atoms with Crippen LogP contribution in [0.4, 0.5) is 5.69 Å². The van der Waals surface area contributed by atoms with Gasteiger partial charge in [-0.1, -0.05) is 12.1 Å². The second-order valence-electron chi connectivity index (χ2n) is 5.49. The number of nitrogens with zero attached hydrogens (tertiary/aromatic N) is 2. The highest BCUT2D eigenvalue weighted by Crippen LogP contribution is 2.08. The van der Waals surface area contributed by atoms with Crippen LogP contribution in [0.1, 0.15) is 12.5 Å². The quantitative estimate of drug-likeness (QED) is 0.634. The van der Waals surface area contributed by atoms with Gasteiger partial charge in [0.1, 0.15) is 0 Å². The van der Waals surface area contributed by atoms with Crippen LogP contribution in [-0.2, 0) is 20.7 Å². The first-order valence-electron chi connectivity index (χ1n) is 7.52. The summed E-state index contributed by atoms with van der Waals surface area (Å²) < 4.78 is 4.74. The topological polar surface area (TPSA) is 75.9 Å². The number of rotatable bonds is 5. The van der Waals surface area contributed by atoms with Gasteiger partial charge in [0, 0.05) is 45.3 Å². The van der Waals surface area contributed by atoms with E-state index in [1.54, 1.807) is 4.90 Å². The highest BCUT2D eigenvalue weighted by molar-refractivity contribution is 5.80. The molecule has 0 radical (unpaired) electrons. The Labute approximate surface area is 130 Å². The third-order valence-electron chi connectivity index (χ3n) is 3.82. The van der Waals surface area contributed by atoms with E-state index < -0.39 is 5.97 Å². The number of hydrogen-bond donors (Lipinski definition) is 1. The monoisotopic (exact) mass is 305 g/mol. The summed E-state index contributed by atoms with van der Waals surface area (Å²) in [6.45, 7) is 5.18. The fourth-order valence-electron chi connectivity index (χ4n) is 2.45. The molecule has 22 heavy (non-hydrogen) atoms. The first kappa shape index (κ1) is 16.3. The number of hydrogen-bond acceptors (Lipinski definition) is 5. The van der Waals surface area contributed by atoms with Gasteiger partial charge in [0.2, 0.25) is 0 Å². The standard InChI is InChI=1S/C16H23N3O3/c1-13(20)22-12-16(21)19-10-8-18(9-11-19)7-6-14-2-4-15(17)5-3-14/h2-5H,6-12,17H2,1H3. The maximum absolute atomic E-state index is 11.8. The lowest BCUT2D eigenvalue weighted by molar-refractivity contribution is -0.151. The average Bonchev–Trinajstić information content (AvgIpc) is 2.52. The Hall–Kier alpha value is -2.08. The minimum Gasteiger partial charge on any atom is -0.456 e. The largest absolute Gasteiger partial charge is 0.456 e. The van der Waals surface area contributed by atoms with Crippen LogP contribution in [0, 0.1) is 0 Å². The third-order valence-corrected chi connectivity index (χ3v) is 3.82. The Morgan fingerprint density at radius 1 is 1.14 bits per heavy atom. The van der Waals surface area contributed by atoms with Gasteiger partial charge >= 0.3 is 5.97 Å². The maximum Gasteiger partial charge on any atom is 0.303 e. The fourth-order valence-corrected chi connectivity index (χ4v) is 2.45. The van der Waals surface area contributed by atoms with E-state index in [4.69, 9.17) is 10.5 Å². The molecular weight excluding hydrogens is 282 g/mol. The Kier molecular flexibility index (Phi) is 5.77. The Morgan fingerprint density at radius 3 is 2.36 bits per heavy atom. The van der Waals surface area contributed by atoms with E-state index in [0.29, 0.717) is 13.1 Å². The second kappa shape index (κ2) is 7.79. The van der Waals surface area contributed by atoms with Gasteiger partial charge in [0.25, 0.3) is 5.91 Å². The van der Waals surface area contributed by atoms with Crippen molar-refractivity contribution in [2.45, 2.75) is 13.3 Å². The molecule has 1 amide bonds. The van der Waals surface area contributed by atoms with Crippen molar-refractivity contribution in [3.8, 4) is 0 Å². The lowest BCUT2D eigenvalue weighted by Gasteiger charge is -2.34. The van der Waals surface area contributed by atoms with Gasteiger partial charge in [-0.05, 0) is 24.1 Å². The molecule has 0 atom stereocenters. The van der Waals surface area contributed by atoms with Gasteiger partial charge in [-0.15, -0.1) is 0 Å². The van der Waals surface area contributed by atoms with Crippen LogP contribution in [-0.4, -0.2) is 61.0 Å². The molecule has 6 heteroatoms. The fraction of sp³-hybridized carbons (Fsp3) is 0.500. The Balaban J connectivity index is 1.69. The Bertz CT molecular complexity index is 508. The SMILES string of the molecule is CC(=O)OCC(=O)N1CCN(CCc2ccc(N)cc2)CC1. The summed E-state index contributed by atoms with van der Waals surface area (Å²) in [5, 5.41) is 0. The molecule has 0 unspecified atom stereocenters. The number of benzene rings is 1. The van der Waals surface area contributed by atoms with Crippen molar-refractivity contribution >= 4 is 17.6 Å². The predicted molar refractivity (Wildman–Crippen MR) is 84.2 cm³/mol. The number of anilines is 1. The van der Waals surface area contributed by atoms with Crippen LogP contribution in [0.5, 0.6) is 0 Å². The summed E-state index contributed by atoms with van der Waals surface area (Å²) >= 11 is 0. The number of amides is 1. The molecule has 0 bridgehead atoms. The van der Waals surface area contributed by atoms with Gasteiger partial charge in [0.05, 0.1) is 0 Å². The first-order valence-corrected chi connectivity index (χ1v) is 7.52. The molecule has 1 aromatic carbocycles. The lowest BCUT2D eigenvalue weighted by Crippen LogP contribution is -2.50. The maximum atomic E-state index is 11.8. The molecule has 1 heterocycles. The molecule has 2 rings (SSSR count). The molecule has 1 aromatic rings. The highest BCUT2D eigenvalue weighted by atomic mass is 16.5. The van der Waals surface area contributed by atoms with Crippen LogP contribution in [0.15, 0.2) is 24.3 Å². The van der Waals surface area contributed by atoms with Gasteiger partial charge in [-0.25, -0.2) is 0 Å². The normalized spacial score (nSPS) is 15.6.